The van der Waals surface area contributed by atoms with Crippen LogP contribution in [0.2, 0.25) is 0 Å². The van der Waals surface area contributed by atoms with Gasteiger partial charge in [0.25, 0.3) is 5.56 Å². The molecule has 1 aliphatic heterocycles. The van der Waals surface area contributed by atoms with Crippen molar-refractivity contribution in [2.45, 2.75) is 31.3 Å². The lowest BCUT2D eigenvalue weighted by atomic mass is 9.82. The van der Waals surface area contributed by atoms with Gasteiger partial charge in [-0.2, -0.15) is 0 Å². The van der Waals surface area contributed by atoms with Crippen molar-refractivity contribution >= 4 is 12.2 Å². The summed E-state index contributed by atoms with van der Waals surface area (Å²) in [4.78, 5) is 17.6. The van der Waals surface area contributed by atoms with E-state index >= 15 is 0 Å². The molecule has 2 heterocycles. The van der Waals surface area contributed by atoms with Gasteiger partial charge in [-0.3, -0.25) is 9.78 Å². The zero-order valence-electron chi connectivity index (χ0n) is 11.3. The number of halogens is 1. The number of benzene rings is 1. The lowest BCUT2D eigenvalue weighted by Gasteiger charge is -2.36. The summed E-state index contributed by atoms with van der Waals surface area (Å²) in [5.74, 6) is -0.176. The fraction of sp³-hybridized carbons (Fsp3) is 0.333. The fourth-order valence-corrected chi connectivity index (χ4v) is 3.87. The van der Waals surface area contributed by atoms with E-state index in [1.54, 1.807) is 6.07 Å². The zero-order chi connectivity index (χ0) is 14.6. The number of nitrogens with one attached hydrogen (secondary N) is 3. The number of aryl methyl sites for hydroxylation is 1. The van der Waals surface area contributed by atoms with Crippen molar-refractivity contribution < 1.29 is 4.39 Å². The van der Waals surface area contributed by atoms with Crippen molar-refractivity contribution in [3.8, 4) is 0 Å². The van der Waals surface area contributed by atoms with Crippen molar-refractivity contribution in [1.82, 2.24) is 15.3 Å². The minimum Gasteiger partial charge on any atom is -0.335 e. The monoisotopic (exact) mass is 303 g/mol. The molecule has 2 aromatic rings. The van der Waals surface area contributed by atoms with Gasteiger partial charge >= 0.3 is 0 Å². The second-order valence-corrected chi connectivity index (χ2v) is 6.16. The van der Waals surface area contributed by atoms with E-state index in [0.717, 1.165) is 29.7 Å². The first-order chi connectivity index (χ1) is 10.1. The number of aromatic nitrogens is 2. The zero-order valence-corrected chi connectivity index (χ0v) is 12.1. The summed E-state index contributed by atoms with van der Waals surface area (Å²) in [6.45, 7) is 0.421. The summed E-state index contributed by atoms with van der Waals surface area (Å²) in [5.41, 5.74) is 2.69. The molecule has 1 atom stereocenters. The molecule has 1 aromatic heterocycles. The van der Waals surface area contributed by atoms with E-state index in [1.807, 2.05) is 6.07 Å². The van der Waals surface area contributed by atoms with E-state index in [1.165, 1.54) is 6.07 Å². The summed E-state index contributed by atoms with van der Waals surface area (Å²) in [7, 11) is 0. The van der Waals surface area contributed by atoms with Gasteiger partial charge in [0.2, 0.25) is 0 Å². The Kier molecular flexibility index (Phi) is 2.68. The highest BCUT2D eigenvalue weighted by Crippen LogP contribution is 2.42. The van der Waals surface area contributed by atoms with Crippen molar-refractivity contribution in [3.63, 3.8) is 0 Å². The maximum atomic E-state index is 14.3. The molecule has 1 spiro atoms. The maximum absolute atomic E-state index is 14.3. The van der Waals surface area contributed by atoms with E-state index in [-0.39, 0.29) is 11.4 Å². The fourth-order valence-electron chi connectivity index (χ4n) is 3.66. The third-order valence-electron chi connectivity index (χ3n) is 4.61. The van der Waals surface area contributed by atoms with Crippen molar-refractivity contribution in [3.05, 3.63) is 61.5 Å². The maximum Gasteiger partial charge on any atom is 0.256 e. The smallest absolute Gasteiger partial charge is 0.256 e. The third kappa shape index (κ3) is 1.82. The van der Waals surface area contributed by atoms with Crippen molar-refractivity contribution in [2.75, 3.05) is 0 Å². The molecule has 1 aromatic carbocycles. The molecule has 108 valence electrons. The Hall–Kier alpha value is -1.79. The van der Waals surface area contributed by atoms with Crippen LogP contribution < -0.4 is 10.9 Å². The average molecular weight is 303 g/mol. The van der Waals surface area contributed by atoms with E-state index in [0.29, 0.717) is 23.3 Å². The molecule has 4 rings (SSSR count). The Labute approximate surface area is 125 Å². The first-order valence-corrected chi connectivity index (χ1v) is 7.37. The molecule has 2 aliphatic rings. The number of H-pyrrole nitrogens is 2. The second-order valence-electron chi connectivity index (χ2n) is 5.75. The molecule has 21 heavy (non-hydrogen) atoms. The summed E-state index contributed by atoms with van der Waals surface area (Å²) in [5, 5.41) is 3.39. The minimum atomic E-state index is -0.431. The summed E-state index contributed by atoms with van der Waals surface area (Å²) < 4.78 is 14.6. The summed E-state index contributed by atoms with van der Waals surface area (Å²) in [6.07, 6.45) is 2.24. The van der Waals surface area contributed by atoms with Crippen molar-refractivity contribution in [1.29, 1.82) is 0 Å². The quantitative estimate of drug-likeness (QED) is 0.653. The first-order valence-electron chi connectivity index (χ1n) is 6.96. The molecule has 0 bridgehead atoms. The van der Waals surface area contributed by atoms with Crippen LogP contribution in [0.1, 0.15) is 28.8 Å². The SMILES string of the molecule is O=c1[nH]c(=S)[nH]c2c1CNC1(CCc3cccc(F)c31)C2. The van der Waals surface area contributed by atoms with Gasteiger partial charge in [-0.25, -0.2) is 4.39 Å². The molecule has 1 aliphatic carbocycles. The molecule has 4 nitrogen and oxygen atoms in total. The third-order valence-corrected chi connectivity index (χ3v) is 4.82. The number of rotatable bonds is 0. The topological polar surface area (TPSA) is 60.7 Å². The van der Waals surface area contributed by atoms with E-state index in [2.05, 4.69) is 15.3 Å². The molecule has 0 fully saturated rings. The highest BCUT2D eigenvalue weighted by Gasteiger charge is 2.43. The Morgan fingerprint density at radius 3 is 3.00 bits per heavy atom. The molecule has 0 radical (unpaired) electrons. The molecule has 3 N–H and O–H groups in total. The van der Waals surface area contributed by atoms with Crippen LogP contribution in [-0.2, 0) is 24.9 Å². The standard InChI is InChI=1S/C15H14FN3OS/c16-10-3-1-2-8-4-5-15(12(8)10)6-11-9(7-17-15)13(20)19-14(21)18-11/h1-3,17H,4-7H2,(H2,18,19,20,21). The first kappa shape index (κ1) is 12.9. The van der Waals surface area contributed by atoms with Crippen LogP contribution in [0.25, 0.3) is 0 Å². The molecule has 0 saturated heterocycles. The lowest BCUT2D eigenvalue weighted by molar-refractivity contribution is 0.291. The van der Waals surface area contributed by atoms with Gasteiger partial charge in [0.05, 0.1) is 11.1 Å². The normalized spacial score (nSPS) is 23.1. The largest absolute Gasteiger partial charge is 0.335 e. The summed E-state index contributed by atoms with van der Waals surface area (Å²) in [6, 6.07) is 5.23. The predicted octanol–water partition coefficient (Wildman–Crippen LogP) is 2.06. The van der Waals surface area contributed by atoms with E-state index in [4.69, 9.17) is 12.2 Å². The highest BCUT2D eigenvalue weighted by atomic mass is 32.1. The van der Waals surface area contributed by atoms with Crippen LogP contribution >= 0.6 is 12.2 Å². The molecule has 0 amide bonds. The van der Waals surface area contributed by atoms with Crippen LogP contribution in [0, 0.1) is 10.6 Å². The van der Waals surface area contributed by atoms with Gasteiger partial charge in [0, 0.05) is 24.2 Å². The molecule has 6 heteroatoms. The van der Waals surface area contributed by atoms with Gasteiger partial charge in [-0.05, 0) is 36.7 Å². The van der Waals surface area contributed by atoms with Gasteiger partial charge in [0.1, 0.15) is 5.82 Å². The Morgan fingerprint density at radius 1 is 1.29 bits per heavy atom. The lowest BCUT2D eigenvalue weighted by Crippen LogP contribution is -2.48. The van der Waals surface area contributed by atoms with Crippen LogP contribution in [0.5, 0.6) is 0 Å². The van der Waals surface area contributed by atoms with E-state index < -0.39 is 5.54 Å². The highest BCUT2D eigenvalue weighted by molar-refractivity contribution is 7.71. The molecule has 0 saturated carbocycles. The van der Waals surface area contributed by atoms with Crippen molar-refractivity contribution in [2.24, 2.45) is 0 Å². The van der Waals surface area contributed by atoms with Crippen LogP contribution in [0.15, 0.2) is 23.0 Å². The summed E-state index contributed by atoms with van der Waals surface area (Å²) >= 11 is 5.05. The molecular formula is C15H14FN3OS. The Balaban J connectivity index is 1.88. The van der Waals surface area contributed by atoms with Crippen LogP contribution in [0.3, 0.4) is 0 Å². The molecular weight excluding hydrogens is 289 g/mol. The van der Waals surface area contributed by atoms with E-state index in [9.17, 15) is 9.18 Å². The second kappa shape index (κ2) is 4.35. The number of hydrogen-bond acceptors (Lipinski definition) is 3. The Morgan fingerprint density at radius 2 is 2.14 bits per heavy atom. The van der Waals surface area contributed by atoms with Crippen LogP contribution in [0.4, 0.5) is 4.39 Å². The van der Waals surface area contributed by atoms with Gasteiger partial charge in [0.15, 0.2) is 4.77 Å². The van der Waals surface area contributed by atoms with Gasteiger partial charge < -0.3 is 10.3 Å². The van der Waals surface area contributed by atoms with Gasteiger partial charge in [-0.15, -0.1) is 0 Å². The Bertz CT molecular complexity index is 857. The predicted molar refractivity (Wildman–Crippen MR) is 79.2 cm³/mol. The van der Waals surface area contributed by atoms with Crippen LogP contribution in [-0.4, -0.2) is 9.97 Å². The number of aromatic amines is 2. The molecule has 1 unspecified atom stereocenters. The number of hydrogen-bond donors (Lipinski definition) is 3. The minimum absolute atomic E-state index is 0.164. The average Bonchev–Trinajstić information content (AvgIpc) is 2.78. The number of fused-ring (bicyclic) bond motifs is 3. The van der Waals surface area contributed by atoms with Gasteiger partial charge in [-0.1, -0.05) is 12.1 Å².